The average Bonchev–Trinajstić information content (AvgIpc) is 3.05. The number of H-pyrrole nitrogens is 1. The number of hydrogen-bond acceptors (Lipinski definition) is 8. The molecule has 9 heteroatoms. The summed E-state index contributed by atoms with van der Waals surface area (Å²) in [6.45, 7) is 5.22. The standard InChI is InChI=1S/C20H20N2O6S/c1-5-27-20(25)15-10(2)14-17(23)21-16(22-18(14)29-15)11(3)28-19(24)12-8-6-7-9-13(12)26-4/h6-9,11H,5H2,1-4H3,(H,21,22,23)/t11-/m1/s1. The summed E-state index contributed by atoms with van der Waals surface area (Å²) in [5, 5.41) is 0.324. The Morgan fingerprint density at radius 1 is 1.24 bits per heavy atom. The van der Waals surface area contributed by atoms with Gasteiger partial charge in [0.15, 0.2) is 11.9 Å². The average molecular weight is 416 g/mol. The van der Waals surface area contributed by atoms with Gasteiger partial charge in [0.2, 0.25) is 0 Å². The second-order valence-corrected chi connectivity index (χ2v) is 7.15. The van der Waals surface area contributed by atoms with Crippen molar-refractivity contribution in [2.45, 2.75) is 26.9 Å². The molecule has 3 aromatic rings. The van der Waals surface area contributed by atoms with Crippen molar-refractivity contribution in [2.75, 3.05) is 13.7 Å². The summed E-state index contributed by atoms with van der Waals surface area (Å²) in [6, 6.07) is 6.67. The molecule has 0 radical (unpaired) electrons. The number of nitrogens with zero attached hydrogens (tertiary/aromatic N) is 1. The molecule has 0 saturated carbocycles. The normalized spacial score (nSPS) is 11.9. The van der Waals surface area contributed by atoms with Gasteiger partial charge in [0.05, 0.1) is 19.1 Å². The number of nitrogens with one attached hydrogen (secondary N) is 1. The van der Waals surface area contributed by atoms with Crippen molar-refractivity contribution in [3.8, 4) is 5.75 Å². The van der Waals surface area contributed by atoms with Gasteiger partial charge in [-0.3, -0.25) is 4.79 Å². The summed E-state index contributed by atoms with van der Waals surface area (Å²) in [4.78, 5) is 44.9. The van der Waals surface area contributed by atoms with E-state index in [0.29, 0.717) is 26.4 Å². The number of thiophene rings is 1. The Morgan fingerprint density at radius 3 is 2.66 bits per heavy atom. The van der Waals surface area contributed by atoms with Crippen LogP contribution in [-0.2, 0) is 9.47 Å². The molecule has 1 N–H and O–H groups in total. The van der Waals surface area contributed by atoms with Crippen LogP contribution in [0.2, 0.25) is 0 Å². The van der Waals surface area contributed by atoms with Gasteiger partial charge in [-0.25, -0.2) is 14.6 Å². The number of aryl methyl sites for hydroxylation is 1. The first-order chi connectivity index (χ1) is 13.9. The smallest absolute Gasteiger partial charge is 0.348 e. The summed E-state index contributed by atoms with van der Waals surface area (Å²) in [7, 11) is 1.46. The number of aromatic nitrogens is 2. The Labute approximate surface area is 170 Å². The fourth-order valence-electron chi connectivity index (χ4n) is 2.84. The zero-order valence-corrected chi connectivity index (χ0v) is 17.2. The molecule has 0 aliphatic rings. The molecule has 0 aliphatic carbocycles. The van der Waals surface area contributed by atoms with Crippen LogP contribution in [0.5, 0.6) is 5.75 Å². The summed E-state index contributed by atoms with van der Waals surface area (Å²) >= 11 is 1.07. The predicted octanol–water partition coefficient (Wildman–Crippen LogP) is 3.40. The third kappa shape index (κ3) is 4.00. The van der Waals surface area contributed by atoms with E-state index in [1.54, 1.807) is 45.0 Å². The van der Waals surface area contributed by atoms with Crippen LogP contribution < -0.4 is 10.3 Å². The minimum Gasteiger partial charge on any atom is -0.496 e. The molecule has 0 unspecified atom stereocenters. The van der Waals surface area contributed by atoms with Gasteiger partial charge in [0, 0.05) is 0 Å². The van der Waals surface area contributed by atoms with Crippen molar-refractivity contribution in [3.05, 3.63) is 56.4 Å². The number of ether oxygens (including phenoxy) is 3. The van der Waals surface area contributed by atoms with E-state index in [0.717, 1.165) is 11.3 Å². The molecular formula is C20H20N2O6S. The number of carbonyl (C=O) groups excluding carboxylic acids is 2. The van der Waals surface area contributed by atoms with Gasteiger partial charge in [-0.1, -0.05) is 12.1 Å². The first-order valence-electron chi connectivity index (χ1n) is 8.91. The number of fused-ring (bicyclic) bond motifs is 1. The maximum Gasteiger partial charge on any atom is 0.348 e. The molecule has 0 aliphatic heterocycles. The van der Waals surface area contributed by atoms with Crippen LogP contribution in [0, 0.1) is 6.92 Å². The number of aromatic amines is 1. The van der Waals surface area contributed by atoms with E-state index < -0.39 is 23.6 Å². The van der Waals surface area contributed by atoms with Gasteiger partial charge in [-0.2, -0.15) is 0 Å². The lowest BCUT2D eigenvalue weighted by molar-refractivity contribution is 0.0316. The molecular weight excluding hydrogens is 396 g/mol. The van der Waals surface area contributed by atoms with Crippen LogP contribution in [0.15, 0.2) is 29.1 Å². The molecule has 0 bridgehead atoms. The minimum atomic E-state index is -0.821. The second-order valence-electron chi connectivity index (χ2n) is 6.16. The Balaban J connectivity index is 1.92. The fraction of sp³-hybridized carbons (Fsp3) is 0.300. The SMILES string of the molecule is CCOC(=O)c1sc2nc([C@@H](C)OC(=O)c3ccccc3OC)[nH]c(=O)c2c1C. The molecule has 2 heterocycles. The molecule has 0 spiro atoms. The number of rotatable bonds is 6. The highest BCUT2D eigenvalue weighted by Crippen LogP contribution is 2.29. The third-order valence-electron chi connectivity index (χ3n) is 4.28. The Hall–Kier alpha value is -3.20. The highest BCUT2D eigenvalue weighted by atomic mass is 32.1. The zero-order valence-electron chi connectivity index (χ0n) is 16.4. The molecule has 152 valence electrons. The number of benzene rings is 1. The van der Waals surface area contributed by atoms with Crippen molar-refractivity contribution in [2.24, 2.45) is 0 Å². The summed E-state index contributed by atoms with van der Waals surface area (Å²) in [5.41, 5.74) is 0.374. The van der Waals surface area contributed by atoms with E-state index in [-0.39, 0.29) is 18.0 Å². The molecule has 8 nitrogen and oxygen atoms in total. The third-order valence-corrected chi connectivity index (χ3v) is 5.44. The van der Waals surface area contributed by atoms with Crippen molar-refractivity contribution in [1.29, 1.82) is 0 Å². The lowest BCUT2D eigenvalue weighted by atomic mass is 10.2. The van der Waals surface area contributed by atoms with E-state index in [1.165, 1.54) is 7.11 Å². The van der Waals surface area contributed by atoms with Crippen molar-refractivity contribution in [3.63, 3.8) is 0 Å². The van der Waals surface area contributed by atoms with E-state index in [4.69, 9.17) is 14.2 Å². The largest absolute Gasteiger partial charge is 0.496 e. The highest BCUT2D eigenvalue weighted by Gasteiger charge is 2.23. The lowest BCUT2D eigenvalue weighted by Gasteiger charge is -2.14. The maximum atomic E-state index is 12.6. The molecule has 0 fully saturated rings. The minimum absolute atomic E-state index is 0.183. The van der Waals surface area contributed by atoms with Crippen LogP contribution >= 0.6 is 11.3 Å². The van der Waals surface area contributed by atoms with E-state index in [2.05, 4.69) is 9.97 Å². The van der Waals surface area contributed by atoms with Gasteiger partial charge in [0.25, 0.3) is 5.56 Å². The first-order valence-corrected chi connectivity index (χ1v) is 9.73. The van der Waals surface area contributed by atoms with E-state index >= 15 is 0 Å². The summed E-state index contributed by atoms with van der Waals surface area (Å²) < 4.78 is 15.7. The molecule has 0 saturated heterocycles. The molecule has 0 amide bonds. The van der Waals surface area contributed by atoms with Crippen LogP contribution in [0.4, 0.5) is 0 Å². The number of carbonyl (C=O) groups is 2. The number of para-hydroxylation sites is 1. The highest BCUT2D eigenvalue weighted by molar-refractivity contribution is 7.20. The van der Waals surface area contributed by atoms with Crippen molar-refractivity contribution >= 4 is 33.5 Å². The summed E-state index contributed by atoms with van der Waals surface area (Å²) in [6.07, 6.45) is -0.821. The van der Waals surface area contributed by atoms with Crippen molar-refractivity contribution in [1.82, 2.24) is 9.97 Å². The van der Waals surface area contributed by atoms with E-state index in [9.17, 15) is 14.4 Å². The van der Waals surface area contributed by atoms with Crippen molar-refractivity contribution < 1.29 is 23.8 Å². The molecule has 29 heavy (non-hydrogen) atoms. The second kappa shape index (κ2) is 8.44. The van der Waals surface area contributed by atoms with Gasteiger partial charge in [-0.05, 0) is 38.5 Å². The number of hydrogen-bond donors (Lipinski definition) is 1. The number of esters is 2. The van der Waals surface area contributed by atoms with Gasteiger partial charge in [-0.15, -0.1) is 11.3 Å². The maximum absolute atomic E-state index is 12.6. The lowest BCUT2D eigenvalue weighted by Crippen LogP contribution is -2.17. The van der Waals surface area contributed by atoms with Gasteiger partial charge in [0.1, 0.15) is 21.0 Å². The topological polar surface area (TPSA) is 108 Å². The van der Waals surface area contributed by atoms with Crippen LogP contribution in [-0.4, -0.2) is 35.6 Å². The zero-order chi connectivity index (χ0) is 21.1. The first kappa shape index (κ1) is 20.5. The molecule has 2 aromatic heterocycles. The quantitative estimate of drug-likeness (QED) is 0.614. The predicted molar refractivity (Wildman–Crippen MR) is 108 cm³/mol. The van der Waals surface area contributed by atoms with Crippen LogP contribution in [0.1, 0.15) is 51.4 Å². The fourth-order valence-corrected chi connectivity index (χ4v) is 3.92. The monoisotopic (exact) mass is 416 g/mol. The molecule has 1 atom stereocenters. The Kier molecular flexibility index (Phi) is 5.97. The van der Waals surface area contributed by atoms with Crippen LogP contribution in [0.3, 0.4) is 0 Å². The van der Waals surface area contributed by atoms with Gasteiger partial charge >= 0.3 is 11.9 Å². The summed E-state index contributed by atoms with van der Waals surface area (Å²) in [5.74, 6) is -0.533. The van der Waals surface area contributed by atoms with Crippen LogP contribution in [0.25, 0.3) is 10.2 Å². The Bertz CT molecular complexity index is 1130. The molecule has 1 aromatic carbocycles. The van der Waals surface area contributed by atoms with E-state index in [1.807, 2.05) is 0 Å². The Morgan fingerprint density at radius 2 is 1.97 bits per heavy atom. The molecule has 3 rings (SSSR count). The van der Waals surface area contributed by atoms with Gasteiger partial charge < -0.3 is 19.2 Å². The number of methoxy groups -OCH3 is 1.